The summed E-state index contributed by atoms with van der Waals surface area (Å²) < 4.78 is 16.0. The molecule has 1 aromatic heterocycles. The van der Waals surface area contributed by atoms with E-state index in [0.717, 1.165) is 22.7 Å². The minimum atomic E-state index is -0.265. The van der Waals surface area contributed by atoms with Gasteiger partial charge in [-0.25, -0.2) is 15.2 Å². The number of aryl methyl sites for hydroxylation is 1. The molecule has 3 N–H and O–H groups in total. The molecule has 0 saturated heterocycles. The lowest BCUT2D eigenvalue weighted by atomic mass is 10.1. The number of benzene rings is 1. The van der Waals surface area contributed by atoms with Crippen LogP contribution in [-0.4, -0.2) is 26.1 Å². The van der Waals surface area contributed by atoms with Gasteiger partial charge >= 0.3 is 0 Å². The number of rotatable bonds is 3. The molecule has 0 amide bonds. The third-order valence-electron chi connectivity index (χ3n) is 4.30. The van der Waals surface area contributed by atoms with Crippen LogP contribution < -0.4 is 11.3 Å². The van der Waals surface area contributed by atoms with Gasteiger partial charge in [0.15, 0.2) is 0 Å². The highest BCUT2D eigenvalue weighted by molar-refractivity contribution is 5.77. The van der Waals surface area contributed by atoms with Crippen LogP contribution in [0, 0.1) is 5.82 Å². The van der Waals surface area contributed by atoms with E-state index < -0.39 is 0 Å². The summed E-state index contributed by atoms with van der Waals surface area (Å²) in [6, 6.07) is 6.47. The summed E-state index contributed by atoms with van der Waals surface area (Å²) in [5, 5.41) is 7.46. The van der Waals surface area contributed by atoms with Crippen LogP contribution in [0.5, 0.6) is 0 Å². The quantitative estimate of drug-likeness (QED) is 0.835. The van der Waals surface area contributed by atoms with Crippen molar-refractivity contribution in [3.63, 3.8) is 0 Å². The number of aliphatic imine (C=N–C) groups is 1. The first-order chi connectivity index (χ1) is 12.0. The Morgan fingerprint density at radius 1 is 1.28 bits per heavy atom. The highest BCUT2D eigenvalue weighted by atomic mass is 19.1. The lowest BCUT2D eigenvalue weighted by molar-refractivity contribution is 0.236. The van der Waals surface area contributed by atoms with Crippen LogP contribution in [0.2, 0.25) is 0 Å². The smallest absolute Gasteiger partial charge is 0.128 e. The van der Waals surface area contributed by atoms with Crippen molar-refractivity contribution in [2.75, 3.05) is 0 Å². The number of hydrazine groups is 2. The van der Waals surface area contributed by atoms with Crippen LogP contribution >= 0.6 is 0 Å². The molecule has 1 atom stereocenters. The molecule has 1 aromatic carbocycles. The van der Waals surface area contributed by atoms with Gasteiger partial charge in [0.1, 0.15) is 23.5 Å². The number of fused-ring (bicyclic) bond motifs is 1. The van der Waals surface area contributed by atoms with Gasteiger partial charge in [-0.05, 0) is 13.0 Å². The molecule has 0 aliphatic carbocycles. The summed E-state index contributed by atoms with van der Waals surface area (Å²) in [7, 11) is 1.85. The Morgan fingerprint density at radius 3 is 2.80 bits per heavy atom. The molecular weight excluding hydrogens is 321 g/mol. The predicted molar refractivity (Wildman–Crippen MR) is 92.5 cm³/mol. The summed E-state index contributed by atoms with van der Waals surface area (Å²) in [5.74, 6) is 5.60. The van der Waals surface area contributed by atoms with Crippen molar-refractivity contribution in [3.8, 4) is 0 Å². The van der Waals surface area contributed by atoms with Crippen LogP contribution in [0.25, 0.3) is 5.70 Å². The van der Waals surface area contributed by atoms with Crippen LogP contribution in [0.4, 0.5) is 4.39 Å². The van der Waals surface area contributed by atoms with Crippen molar-refractivity contribution >= 4 is 12.0 Å². The van der Waals surface area contributed by atoms with Gasteiger partial charge in [0.2, 0.25) is 0 Å². The lowest BCUT2D eigenvalue weighted by Crippen LogP contribution is -2.36. The van der Waals surface area contributed by atoms with E-state index in [4.69, 9.17) is 5.84 Å². The minimum Gasteiger partial charge on any atom is -0.295 e. The Hall–Kier alpha value is -3.13. The van der Waals surface area contributed by atoms with E-state index in [-0.39, 0.29) is 11.9 Å². The predicted octanol–water partition coefficient (Wildman–Crippen LogP) is 1.87. The van der Waals surface area contributed by atoms with E-state index in [1.165, 1.54) is 17.4 Å². The number of nitrogens with two attached hydrogens (primary N) is 1. The Kier molecular flexibility index (Phi) is 3.54. The number of halogens is 1. The molecule has 2 aromatic rings. The molecule has 0 fully saturated rings. The summed E-state index contributed by atoms with van der Waals surface area (Å²) in [5.41, 5.74) is 7.16. The van der Waals surface area contributed by atoms with Crippen molar-refractivity contribution in [2.24, 2.45) is 17.9 Å². The van der Waals surface area contributed by atoms with Crippen molar-refractivity contribution in [1.82, 2.24) is 25.2 Å². The zero-order valence-electron chi connectivity index (χ0n) is 13.9. The fraction of sp³-hybridized carbons (Fsp3) is 0.176. The molecule has 2 aliphatic heterocycles. The summed E-state index contributed by atoms with van der Waals surface area (Å²) in [6.45, 7) is 1.93. The first-order valence-electron chi connectivity index (χ1n) is 7.87. The molecule has 0 bridgehead atoms. The first-order valence-corrected chi connectivity index (χ1v) is 7.87. The number of nitrogens with zero attached hydrogens (tertiary/aromatic N) is 5. The van der Waals surface area contributed by atoms with Crippen molar-refractivity contribution in [2.45, 2.75) is 13.0 Å². The third-order valence-corrected chi connectivity index (χ3v) is 4.30. The first kappa shape index (κ1) is 15.4. The van der Waals surface area contributed by atoms with Crippen LogP contribution in [-0.2, 0) is 7.05 Å². The molecule has 7 nitrogen and oxygen atoms in total. The van der Waals surface area contributed by atoms with Crippen LogP contribution in [0.1, 0.15) is 24.1 Å². The Bertz CT molecular complexity index is 911. The molecule has 8 heteroatoms. The molecule has 128 valence electrons. The maximum Gasteiger partial charge on any atom is 0.128 e. The normalized spacial score (nSPS) is 17.5. The van der Waals surface area contributed by atoms with Crippen molar-refractivity contribution in [3.05, 3.63) is 71.2 Å². The second-order valence-electron chi connectivity index (χ2n) is 6.01. The average Bonchev–Trinajstić information content (AvgIpc) is 3.18. The van der Waals surface area contributed by atoms with Gasteiger partial charge < -0.3 is 0 Å². The fourth-order valence-electron chi connectivity index (χ4n) is 3.04. The molecule has 3 heterocycles. The molecule has 25 heavy (non-hydrogen) atoms. The van der Waals surface area contributed by atoms with Crippen LogP contribution in [0.3, 0.4) is 0 Å². The van der Waals surface area contributed by atoms with Gasteiger partial charge in [0.25, 0.3) is 0 Å². The number of aromatic nitrogens is 2. The molecule has 2 aliphatic rings. The van der Waals surface area contributed by atoms with Gasteiger partial charge in [-0.2, -0.15) is 5.10 Å². The van der Waals surface area contributed by atoms with Gasteiger partial charge in [-0.3, -0.25) is 20.1 Å². The van der Waals surface area contributed by atoms with E-state index in [1.54, 1.807) is 29.2 Å². The summed E-state index contributed by atoms with van der Waals surface area (Å²) in [4.78, 5) is 4.44. The summed E-state index contributed by atoms with van der Waals surface area (Å²) in [6.07, 6.45) is 6.95. The molecule has 1 unspecified atom stereocenters. The minimum absolute atomic E-state index is 0.252. The van der Waals surface area contributed by atoms with Gasteiger partial charge in [-0.15, -0.1) is 0 Å². The summed E-state index contributed by atoms with van der Waals surface area (Å²) >= 11 is 0. The van der Waals surface area contributed by atoms with E-state index in [2.05, 4.69) is 15.5 Å². The highest BCUT2D eigenvalue weighted by Crippen LogP contribution is 2.38. The van der Waals surface area contributed by atoms with Crippen molar-refractivity contribution in [1.29, 1.82) is 0 Å². The topological polar surface area (TPSA) is 74.7 Å². The SMILES string of the molecule is CC(c1ccccc1F)N1NC(c2cnn(C)c2)=C2N=CN(N)C=C21. The van der Waals surface area contributed by atoms with E-state index in [1.807, 2.05) is 31.2 Å². The Labute approximate surface area is 144 Å². The highest BCUT2D eigenvalue weighted by Gasteiger charge is 2.34. The molecule has 0 radical (unpaired) electrons. The zero-order valence-corrected chi connectivity index (χ0v) is 13.9. The molecular formula is C17H18FN7. The van der Waals surface area contributed by atoms with Crippen molar-refractivity contribution < 1.29 is 4.39 Å². The fourth-order valence-corrected chi connectivity index (χ4v) is 3.04. The molecule has 0 spiro atoms. The van der Waals surface area contributed by atoms with E-state index in [9.17, 15) is 4.39 Å². The zero-order chi connectivity index (χ0) is 17.6. The number of hydrogen-bond donors (Lipinski definition) is 2. The lowest BCUT2D eigenvalue weighted by Gasteiger charge is -2.30. The van der Waals surface area contributed by atoms with E-state index in [0.29, 0.717) is 5.56 Å². The Morgan fingerprint density at radius 2 is 2.08 bits per heavy atom. The van der Waals surface area contributed by atoms with E-state index >= 15 is 0 Å². The molecule has 0 saturated carbocycles. The monoisotopic (exact) mass is 339 g/mol. The standard InChI is InChI=1S/C17H18FN7/c1-11(13-5-3-4-6-14(13)18)25-15-9-24(19)10-20-17(15)16(22-25)12-7-21-23(2)8-12/h3-11,22H,19H2,1-2H3. The Balaban J connectivity index is 1.76. The second kappa shape index (κ2) is 5.75. The maximum atomic E-state index is 14.3. The number of hydrogen-bond acceptors (Lipinski definition) is 6. The largest absolute Gasteiger partial charge is 0.295 e. The molecule has 4 rings (SSSR count). The number of nitrogens with one attached hydrogen (secondary N) is 1. The second-order valence-corrected chi connectivity index (χ2v) is 6.01. The van der Waals surface area contributed by atoms with Gasteiger partial charge in [-0.1, -0.05) is 18.2 Å². The third kappa shape index (κ3) is 2.56. The van der Waals surface area contributed by atoms with Gasteiger partial charge in [0.05, 0.1) is 17.9 Å². The maximum absolute atomic E-state index is 14.3. The van der Waals surface area contributed by atoms with Crippen LogP contribution in [0.15, 0.2) is 59.2 Å². The van der Waals surface area contributed by atoms with Gasteiger partial charge in [0, 0.05) is 30.6 Å². The average molecular weight is 339 g/mol.